The van der Waals surface area contributed by atoms with Crippen LogP contribution in [0.2, 0.25) is 0 Å². The van der Waals surface area contributed by atoms with Gasteiger partial charge in [-0.3, -0.25) is 0 Å². The lowest BCUT2D eigenvalue weighted by molar-refractivity contribution is 0.625. The Bertz CT molecular complexity index is 266. The van der Waals surface area contributed by atoms with Crippen molar-refractivity contribution in [3.05, 3.63) is 11.6 Å². The van der Waals surface area contributed by atoms with E-state index in [4.69, 9.17) is 0 Å². The van der Waals surface area contributed by atoms with Crippen LogP contribution in [0.1, 0.15) is 25.0 Å². The van der Waals surface area contributed by atoms with Gasteiger partial charge < -0.3 is 9.88 Å². The van der Waals surface area contributed by atoms with Gasteiger partial charge in [0.15, 0.2) is 0 Å². The first-order valence-electron chi connectivity index (χ1n) is 4.53. The topological polar surface area (TPSA) is 42.7 Å². The van der Waals surface area contributed by atoms with Gasteiger partial charge in [-0.05, 0) is 13.0 Å². The third-order valence-electron chi connectivity index (χ3n) is 2.22. The summed E-state index contributed by atoms with van der Waals surface area (Å²) in [6.45, 7) is 5.04. The molecule has 1 aliphatic heterocycles. The molecule has 0 spiro atoms. The summed E-state index contributed by atoms with van der Waals surface area (Å²) >= 11 is 0. The maximum Gasteiger partial charge on any atom is 0.147 e. The quantitative estimate of drug-likeness (QED) is 0.704. The van der Waals surface area contributed by atoms with E-state index in [1.54, 1.807) is 0 Å². The highest BCUT2D eigenvalue weighted by molar-refractivity contribution is 5.00. The molecular weight excluding hydrogens is 152 g/mol. The van der Waals surface area contributed by atoms with Crippen LogP contribution in [0, 0.1) is 0 Å². The zero-order valence-electron chi connectivity index (χ0n) is 7.38. The van der Waals surface area contributed by atoms with E-state index in [0.717, 1.165) is 37.7 Å². The van der Waals surface area contributed by atoms with Crippen LogP contribution in [-0.2, 0) is 19.5 Å². The normalized spacial score (nSPS) is 15.1. The Balaban J connectivity index is 2.11. The van der Waals surface area contributed by atoms with E-state index in [1.165, 1.54) is 6.42 Å². The van der Waals surface area contributed by atoms with E-state index in [9.17, 15) is 0 Å². The Hall–Kier alpha value is -0.900. The van der Waals surface area contributed by atoms with Gasteiger partial charge in [-0.2, -0.15) is 0 Å². The van der Waals surface area contributed by atoms with E-state index in [2.05, 4.69) is 27.0 Å². The zero-order valence-corrected chi connectivity index (χ0v) is 7.38. The van der Waals surface area contributed by atoms with Crippen molar-refractivity contribution in [1.82, 2.24) is 20.1 Å². The van der Waals surface area contributed by atoms with E-state index in [-0.39, 0.29) is 0 Å². The fourth-order valence-electron chi connectivity index (χ4n) is 1.58. The minimum atomic E-state index is 0.851. The SMILES string of the molecule is CCNCc1nnc2n1CCC2. The molecule has 0 fully saturated rings. The fourth-order valence-corrected chi connectivity index (χ4v) is 1.58. The van der Waals surface area contributed by atoms with Crippen LogP contribution in [0.25, 0.3) is 0 Å². The van der Waals surface area contributed by atoms with Gasteiger partial charge in [0.05, 0.1) is 6.54 Å². The van der Waals surface area contributed by atoms with Crippen LogP contribution in [-0.4, -0.2) is 21.3 Å². The Kier molecular flexibility index (Phi) is 2.08. The highest BCUT2D eigenvalue weighted by Crippen LogP contribution is 2.13. The standard InChI is InChI=1S/C8H14N4/c1-2-9-6-8-11-10-7-4-3-5-12(7)8/h9H,2-6H2,1H3. The molecule has 0 saturated heterocycles. The van der Waals surface area contributed by atoms with Crippen molar-refractivity contribution in [2.24, 2.45) is 0 Å². The summed E-state index contributed by atoms with van der Waals surface area (Å²) in [5, 5.41) is 11.5. The number of hydrogen-bond acceptors (Lipinski definition) is 3. The molecule has 0 unspecified atom stereocenters. The molecule has 0 saturated carbocycles. The van der Waals surface area contributed by atoms with Crippen LogP contribution in [0.15, 0.2) is 0 Å². The number of fused-ring (bicyclic) bond motifs is 1. The van der Waals surface area contributed by atoms with E-state index in [1.807, 2.05) is 0 Å². The highest BCUT2D eigenvalue weighted by atomic mass is 15.3. The van der Waals surface area contributed by atoms with Crippen LogP contribution < -0.4 is 5.32 Å². The molecule has 4 heteroatoms. The molecule has 1 aromatic heterocycles. The van der Waals surface area contributed by atoms with Crippen LogP contribution in [0.3, 0.4) is 0 Å². The predicted molar refractivity (Wildman–Crippen MR) is 45.7 cm³/mol. The van der Waals surface area contributed by atoms with Crippen LogP contribution in [0.4, 0.5) is 0 Å². The molecule has 0 bridgehead atoms. The maximum atomic E-state index is 4.13. The molecule has 1 aromatic rings. The van der Waals surface area contributed by atoms with Gasteiger partial charge >= 0.3 is 0 Å². The fraction of sp³-hybridized carbons (Fsp3) is 0.750. The van der Waals surface area contributed by atoms with Gasteiger partial charge in [-0.25, -0.2) is 0 Å². The molecule has 0 atom stereocenters. The second kappa shape index (κ2) is 3.23. The average Bonchev–Trinajstić information content (AvgIpc) is 2.62. The van der Waals surface area contributed by atoms with Crippen LogP contribution >= 0.6 is 0 Å². The molecule has 0 aliphatic carbocycles. The third-order valence-corrected chi connectivity index (χ3v) is 2.22. The first-order chi connectivity index (χ1) is 5.92. The average molecular weight is 166 g/mol. The molecule has 1 N–H and O–H groups in total. The van der Waals surface area contributed by atoms with E-state index < -0.39 is 0 Å². The molecule has 1 aliphatic rings. The minimum absolute atomic E-state index is 0.851. The monoisotopic (exact) mass is 166 g/mol. The smallest absolute Gasteiger partial charge is 0.147 e. The van der Waals surface area contributed by atoms with Gasteiger partial charge in [-0.15, -0.1) is 10.2 Å². The Morgan fingerprint density at radius 2 is 2.42 bits per heavy atom. The molecule has 0 amide bonds. The maximum absolute atomic E-state index is 4.13. The highest BCUT2D eigenvalue weighted by Gasteiger charge is 2.15. The third kappa shape index (κ3) is 1.22. The minimum Gasteiger partial charge on any atom is -0.314 e. The zero-order chi connectivity index (χ0) is 8.39. The molecule has 0 aromatic carbocycles. The van der Waals surface area contributed by atoms with Gasteiger partial charge in [0.25, 0.3) is 0 Å². The van der Waals surface area contributed by atoms with E-state index in [0.29, 0.717) is 0 Å². The first kappa shape index (κ1) is 7.73. The largest absolute Gasteiger partial charge is 0.314 e. The summed E-state index contributed by atoms with van der Waals surface area (Å²) < 4.78 is 2.22. The van der Waals surface area contributed by atoms with Gasteiger partial charge in [0, 0.05) is 13.0 Å². The number of rotatable bonds is 3. The molecular formula is C8H14N4. The summed E-state index contributed by atoms with van der Waals surface area (Å²) in [7, 11) is 0. The van der Waals surface area contributed by atoms with Crippen molar-refractivity contribution in [2.45, 2.75) is 32.9 Å². The van der Waals surface area contributed by atoms with Crippen molar-refractivity contribution in [3.8, 4) is 0 Å². The Morgan fingerprint density at radius 1 is 1.50 bits per heavy atom. The van der Waals surface area contributed by atoms with Gasteiger partial charge in [0.1, 0.15) is 11.6 Å². The first-order valence-corrected chi connectivity index (χ1v) is 4.53. The summed E-state index contributed by atoms with van der Waals surface area (Å²) in [4.78, 5) is 0. The lowest BCUT2D eigenvalue weighted by atomic mass is 10.4. The number of nitrogens with zero attached hydrogens (tertiary/aromatic N) is 3. The lowest BCUT2D eigenvalue weighted by Gasteiger charge is -2.01. The summed E-state index contributed by atoms with van der Waals surface area (Å²) in [6, 6.07) is 0. The second-order valence-electron chi connectivity index (χ2n) is 3.07. The number of nitrogens with one attached hydrogen (secondary N) is 1. The number of hydrogen-bond donors (Lipinski definition) is 1. The molecule has 2 heterocycles. The van der Waals surface area contributed by atoms with E-state index >= 15 is 0 Å². The second-order valence-corrected chi connectivity index (χ2v) is 3.07. The molecule has 66 valence electrons. The van der Waals surface area contributed by atoms with Crippen molar-refractivity contribution in [3.63, 3.8) is 0 Å². The molecule has 0 radical (unpaired) electrons. The molecule has 12 heavy (non-hydrogen) atoms. The van der Waals surface area contributed by atoms with Crippen molar-refractivity contribution in [2.75, 3.05) is 6.54 Å². The summed E-state index contributed by atoms with van der Waals surface area (Å²) in [5.41, 5.74) is 0. The predicted octanol–water partition coefficient (Wildman–Crippen LogP) is 0.334. The van der Waals surface area contributed by atoms with Gasteiger partial charge in [0.2, 0.25) is 0 Å². The number of aromatic nitrogens is 3. The molecule has 4 nitrogen and oxygen atoms in total. The summed E-state index contributed by atoms with van der Waals surface area (Å²) in [5.74, 6) is 2.24. The van der Waals surface area contributed by atoms with Crippen molar-refractivity contribution < 1.29 is 0 Å². The van der Waals surface area contributed by atoms with Crippen molar-refractivity contribution in [1.29, 1.82) is 0 Å². The number of aryl methyl sites for hydroxylation is 1. The van der Waals surface area contributed by atoms with Crippen molar-refractivity contribution >= 4 is 0 Å². The Morgan fingerprint density at radius 3 is 3.25 bits per heavy atom. The van der Waals surface area contributed by atoms with Crippen LogP contribution in [0.5, 0.6) is 0 Å². The van der Waals surface area contributed by atoms with Gasteiger partial charge in [-0.1, -0.05) is 6.92 Å². The Labute approximate surface area is 72.0 Å². The lowest BCUT2D eigenvalue weighted by Crippen LogP contribution is -2.15. The molecule has 2 rings (SSSR count). The summed E-state index contributed by atoms with van der Waals surface area (Å²) in [6.07, 6.45) is 2.32.